The highest BCUT2D eigenvalue weighted by molar-refractivity contribution is 5.86. The molecule has 98 valence electrons. The summed E-state index contributed by atoms with van der Waals surface area (Å²) < 4.78 is 0. The fraction of sp³-hybridized carbons (Fsp3) is 0.333. The Hall–Kier alpha value is -2.62. The molecule has 0 aromatic heterocycles. The fourth-order valence-corrected chi connectivity index (χ4v) is 1.97. The first kappa shape index (κ1) is 12.8. The van der Waals surface area contributed by atoms with E-state index < -0.39 is 11.0 Å². The van der Waals surface area contributed by atoms with Crippen molar-refractivity contribution >= 4 is 17.3 Å². The summed E-state index contributed by atoms with van der Waals surface area (Å²) in [7, 11) is 0. The van der Waals surface area contributed by atoms with Gasteiger partial charge in [0.1, 0.15) is 11.7 Å². The molecule has 1 unspecified atom stereocenters. The molecule has 1 aliphatic heterocycles. The maximum Gasteiger partial charge on any atom is 0.293 e. The van der Waals surface area contributed by atoms with Crippen LogP contribution in [0.25, 0.3) is 0 Å². The molecule has 7 heteroatoms. The Kier molecular flexibility index (Phi) is 3.61. The number of carbonyl (C=O) groups is 1. The van der Waals surface area contributed by atoms with Gasteiger partial charge >= 0.3 is 0 Å². The third-order valence-corrected chi connectivity index (χ3v) is 2.94. The van der Waals surface area contributed by atoms with E-state index in [1.165, 1.54) is 18.2 Å². The largest absolute Gasteiger partial charge is 0.368 e. The van der Waals surface area contributed by atoms with Crippen LogP contribution in [0.2, 0.25) is 0 Å². The second-order valence-corrected chi connectivity index (χ2v) is 4.23. The van der Waals surface area contributed by atoms with Crippen LogP contribution in [0.5, 0.6) is 0 Å². The van der Waals surface area contributed by atoms with Crippen LogP contribution in [-0.4, -0.2) is 23.4 Å². The van der Waals surface area contributed by atoms with E-state index >= 15 is 0 Å². The maximum absolute atomic E-state index is 11.6. The molecule has 0 aliphatic carbocycles. The maximum atomic E-state index is 11.6. The van der Waals surface area contributed by atoms with Crippen molar-refractivity contribution in [3.63, 3.8) is 0 Å². The molecule has 0 radical (unpaired) electrons. The number of rotatable bonds is 3. The number of piperidine rings is 1. The van der Waals surface area contributed by atoms with Crippen LogP contribution in [0.15, 0.2) is 18.2 Å². The van der Waals surface area contributed by atoms with E-state index in [1.54, 1.807) is 0 Å². The van der Waals surface area contributed by atoms with Gasteiger partial charge in [0.2, 0.25) is 5.91 Å². The molecule has 0 bridgehead atoms. The van der Waals surface area contributed by atoms with E-state index in [9.17, 15) is 14.9 Å². The zero-order valence-electron chi connectivity index (χ0n) is 10.0. The summed E-state index contributed by atoms with van der Waals surface area (Å²) in [5.41, 5.74) is 0.272. The Morgan fingerprint density at radius 1 is 1.53 bits per heavy atom. The van der Waals surface area contributed by atoms with Gasteiger partial charge in [-0.1, -0.05) is 0 Å². The molecule has 1 aromatic rings. The molecule has 0 saturated carbocycles. The average Bonchev–Trinajstić information content (AvgIpc) is 2.41. The molecule has 0 spiro atoms. The Bertz CT molecular complexity index is 565. The number of nitrogens with one attached hydrogen (secondary N) is 2. The number of hydrogen-bond donors (Lipinski definition) is 2. The van der Waals surface area contributed by atoms with Crippen molar-refractivity contribution < 1.29 is 9.72 Å². The second kappa shape index (κ2) is 5.35. The molecule has 1 heterocycles. The zero-order valence-corrected chi connectivity index (χ0v) is 10.0. The quantitative estimate of drug-likeness (QED) is 0.626. The summed E-state index contributed by atoms with van der Waals surface area (Å²) in [6.07, 6.45) is 1.45. The lowest BCUT2D eigenvalue weighted by molar-refractivity contribution is -0.384. The number of nitro groups is 1. The van der Waals surface area contributed by atoms with E-state index in [-0.39, 0.29) is 22.8 Å². The first-order valence-electron chi connectivity index (χ1n) is 5.84. The summed E-state index contributed by atoms with van der Waals surface area (Å²) in [6.45, 7) is 0.631. The highest BCUT2D eigenvalue weighted by atomic mass is 16.6. The van der Waals surface area contributed by atoms with Gasteiger partial charge in [0.15, 0.2) is 0 Å². The molecular formula is C12H12N4O3. The van der Waals surface area contributed by atoms with Crippen molar-refractivity contribution in [1.82, 2.24) is 5.32 Å². The molecule has 1 saturated heterocycles. The van der Waals surface area contributed by atoms with Crippen LogP contribution >= 0.6 is 0 Å². The second-order valence-electron chi connectivity index (χ2n) is 4.23. The van der Waals surface area contributed by atoms with Gasteiger partial charge in [-0.3, -0.25) is 14.9 Å². The minimum atomic E-state index is -0.566. The number of anilines is 1. The van der Waals surface area contributed by atoms with Crippen molar-refractivity contribution in [2.24, 2.45) is 0 Å². The third-order valence-electron chi connectivity index (χ3n) is 2.94. The topological polar surface area (TPSA) is 108 Å². The van der Waals surface area contributed by atoms with Gasteiger partial charge in [0.05, 0.1) is 16.6 Å². The number of nitro benzene ring substituents is 1. The van der Waals surface area contributed by atoms with Crippen molar-refractivity contribution in [1.29, 1.82) is 5.26 Å². The van der Waals surface area contributed by atoms with Crippen LogP contribution in [-0.2, 0) is 4.79 Å². The standard InChI is InChI=1S/C12H12N4O3/c13-7-8-3-4-9(11(6-8)16(18)19)15-10-2-1-5-14-12(10)17/h3-4,6,10,15H,1-2,5H2,(H,14,17). The Balaban J connectivity index is 2.26. The molecule has 2 N–H and O–H groups in total. The predicted octanol–water partition coefficient (Wildman–Crippen LogP) is 1.16. The lowest BCUT2D eigenvalue weighted by atomic mass is 10.1. The molecule has 1 amide bonds. The van der Waals surface area contributed by atoms with Crippen LogP contribution in [0.4, 0.5) is 11.4 Å². The summed E-state index contributed by atoms with van der Waals surface area (Å²) in [5.74, 6) is -0.162. The average molecular weight is 260 g/mol. The lowest BCUT2D eigenvalue weighted by Gasteiger charge is -2.23. The van der Waals surface area contributed by atoms with E-state index in [4.69, 9.17) is 5.26 Å². The number of carbonyl (C=O) groups excluding carboxylic acids is 1. The minimum absolute atomic E-state index is 0.162. The fourth-order valence-electron chi connectivity index (χ4n) is 1.97. The zero-order chi connectivity index (χ0) is 13.8. The van der Waals surface area contributed by atoms with Gasteiger partial charge in [-0.05, 0) is 25.0 Å². The highest BCUT2D eigenvalue weighted by Gasteiger charge is 2.24. The lowest BCUT2D eigenvalue weighted by Crippen LogP contribution is -2.44. The smallest absolute Gasteiger partial charge is 0.293 e. The van der Waals surface area contributed by atoms with Crippen molar-refractivity contribution in [2.45, 2.75) is 18.9 Å². The van der Waals surface area contributed by atoms with E-state index in [0.29, 0.717) is 13.0 Å². The highest BCUT2D eigenvalue weighted by Crippen LogP contribution is 2.27. The van der Waals surface area contributed by atoms with E-state index in [0.717, 1.165) is 6.42 Å². The SMILES string of the molecule is N#Cc1ccc(NC2CCCNC2=O)c([N+](=O)[O-])c1. The monoisotopic (exact) mass is 260 g/mol. The van der Waals surface area contributed by atoms with Gasteiger partial charge in [0.25, 0.3) is 5.69 Å². The summed E-state index contributed by atoms with van der Waals surface area (Å²) in [6, 6.07) is 5.52. The van der Waals surface area contributed by atoms with Gasteiger partial charge in [-0.2, -0.15) is 5.26 Å². The Morgan fingerprint density at radius 2 is 2.32 bits per heavy atom. The van der Waals surface area contributed by atoms with Crippen molar-refractivity contribution in [3.05, 3.63) is 33.9 Å². The number of hydrogen-bond acceptors (Lipinski definition) is 5. The third kappa shape index (κ3) is 2.80. The van der Waals surface area contributed by atoms with Crippen molar-refractivity contribution in [2.75, 3.05) is 11.9 Å². The number of amides is 1. The molecule has 1 aromatic carbocycles. The van der Waals surface area contributed by atoms with Crippen molar-refractivity contribution in [3.8, 4) is 6.07 Å². The van der Waals surface area contributed by atoms with Crippen LogP contribution in [0.3, 0.4) is 0 Å². The molecule has 1 aliphatic rings. The number of nitrogens with zero attached hydrogens (tertiary/aromatic N) is 2. The molecule has 2 rings (SSSR count). The number of nitriles is 1. The Labute approximate surface area is 109 Å². The van der Waals surface area contributed by atoms with Gasteiger partial charge in [0, 0.05) is 12.6 Å². The summed E-state index contributed by atoms with van der Waals surface area (Å²) in [5, 5.41) is 25.3. The Morgan fingerprint density at radius 3 is 2.95 bits per heavy atom. The summed E-state index contributed by atoms with van der Waals surface area (Å²) >= 11 is 0. The predicted molar refractivity (Wildman–Crippen MR) is 67.5 cm³/mol. The van der Waals surface area contributed by atoms with Crippen LogP contribution in [0.1, 0.15) is 18.4 Å². The molecule has 7 nitrogen and oxygen atoms in total. The van der Waals surface area contributed by atoms with Gasteiger partial charge in [-0.15, -0.1) is 0 Å². The first-order valence-corrected chi connectivity index (χ1v) is 5.84. The van der Waals surface area contributed by atoms with Crippen LogP contribution < -0.4 is 10.6 Å². The molecule has 1 atom stereocenters. The first-order chi connectivity index (χ1) is 9.11. The van der Waals surface area contributed by atoms with Crippen LogP contribution in [0, 0.1) is 21.4 Å². The van der Waals surface area contributed by atoms with Gasteiger partial charge < -0.3 is 10.6 Å². The molecule has 1 fully saturated rings. The molecular weight excluding hydrogens is 248 g/mol. The van der Waals surface area contributed by atoms with Gasteiger partial charge in [-0.25, -0.2) is 0 Å². The minimum Gasteiger partial charge on any atom is -0.368 e. The van der Waals surface area contributed by atoms with E-state index in [2.05, 4.69) is 10.6 Å². The van der Waals surface area contributed by atoms with E-state index in [1.807, 2.05) is 6.07 Å². The summed E-state index contributed by atoms with van der Waals surface area (Å²) in [4.78, 5) is 22.0. The normalized spacial score (nSPS) is 18.3. The molecule has 19 heavy (non-hydrogen) atoms. The number of benzene rings is 1.